The van der Waals surface area contributed by atoms with E-state index in [1.54, 1.807) is 20.0 Å². The first-order chi connectivity index (χ1) is 12.9. The molecule has 0 spiro atoms. The van der Waals surface area contributed by atoms with Gasteiger partial charge in [0.2, 0.25) is 5.95 Å². The van der Waals surface area contributed by atoms with E-state index in [0.29, 0.717) is 16.7 Å². The molecule has 3 heterocycles. The number of aromatic amines is 1. The smallest absolute Gasteiger partial charge is 0.263 e. The highest BCUT2D eigenvalue weighted by Crippen LogP contribution is 2.17. The molecule has 9 nitrogen and oxygen atoms in total. The second kappa shape index (κ2) is 6.16. The molecule has 0 unspecified atom stereocenters. The summed E-state index contributed by atoms with van der Waals surface area (Å²) in [6.45, 7) is 1.73. The second-order valence-corrected chi connectivity index (χ2v) is 5.94. The summed E-state index contributed by atoms with van der Waals surface area (Å²) < 4.78 is 16.1. The van der Waals surface area contributed by atoms with E-state index < -0.39 is 11.7 Å². The average Bonchev–Trinajstić information content (AvgIpc) is 3.18. The number of fused-ring (bicyclic) bond motifs is 1. The number of aromatic nitrogens is 6. The highest BCUT2D eigenvalue weighted by Gasteiger charge is 2.16. The monoisotopic (exact) mass is 367 g/mol. The van der Waals surface area contributed by atoms with Gasteiger partial charge < -0.3 is 5.32 Å². The van der Waals surface area contributed by atoms with Crippen LogP contribution in [0.2, 0.25) is 0 Å². The first kappa shape index (κ1) is 16.6. The summed E-state index contributed by atoms with van der Waals surface area (Å²) in [7, 11) is 1.67. The summed E-state index contributed by atoms with van der Waals surface area (Å²) in [5, 5.41) is 11.3. The fourth-order valence-electron chi connectivity index (χ4n) is 2.69. The number of anilines is 1. The van der Waals surface area contributed by atoms with Crippen molar-refractivity contribution in [1.82, 2.24) is 29.5 Å². The van der Waals surface area contributed by atoms with Gasteiger partial charge >= 0.3 is 0 Å². The Kier molecular flexibility index (Phi) is 3.80. The lowest BCUT2D eigenvalue weighted by Crippen LogP contribution is -2.19. The van der Waals surface area contributed by atoms with Gasteiger partial charge in [-0.05, 0) is 25.1 Å². The zero-order valence-corrected chi connectivity index (χ0v) is 14.4. The molecule has 0 atom stereocenters. The normalized spacial score (nSPS) is 11.1. The molecule has 0 aliphatic heterocycles. The lowest BCUT2D eigenvalue weighted by Gasteiger charge is -2.08. The van der Waals surface area contributed by atoms with Gasteiger partial charge in [0.1, 0.15) is 17.0 Å². The number of carbonyl (C=O) groups excluding carboxylic acids is 1. The van der Waals surface area contributed by atoms with Crippen LogP contribution in [0.4, 0.5) is 10.2 Å². The predicted octanol–water partition coefficient (Wildman–Crippen LogP) is 1.54. The molecule has 1 aromatic carbocycles. The molecule has 10 heteroatoms. The van der Waals surface area contributed by atoms with Gasteiger partial charge in [-0.2, -0.15) is 19.9 Å². The van der Waals surface area contributed by atoms with Gasteiger partial charge in [0, 0.05) is 18.7 Å². The van der Waals surface area contributed by atoms with Crippen LogP contribution >= 0.6 is 0 Å². The Morgan fingerprint density at radius 3 is 2.89 bits per heavy atom. The molecule has 0 bridgehead atoms. The van der Waals surface area contributed by atoms with E-state index in [-0.39, 0.29) is 22.9 Å². The van der Waals surface area contributed by atoms with Crippen LogP contribution in [-0.4, -0.2) is 35.4 Å². The Balaban J connectivity index is 1.76. The molecular formula is C17H14FN7O2. The van der Waals surface area contributed by atoms with E-state index in [0.717, 1.165) is 6.07 Å². The fourth-order valence-corrected chi connectivity index (χ4v) is 2.69. The number of amides is 1. The molecule has 0 aliphatic carbocycles. The minimum Gasteiger partial charge on any atom is -0.306 e. The van der Waals surface area contributed by atoms with Crippen molar-refractivity contribution in [2.75, 3.05) is 5.32 Å². The van der Waals surface area contributed by atoms with Crippen molar-refractivity contribution in [2.24, 2.45) is 7.05 Å². The van der Waals surface area contributed by atoms with Gasteiger partial charge in [-0.25, -0.2) is 4.39 Å². The maximum Gasteiger partial charge on any atom is 0.263 e. The van der Waals surface area contributed by atoms with Crippen LogP contribution in [0.15, 0.2) is 41.3 Å². The minimum absolute atomic E-state index is 0.124. The Bertz CT molecular complexity index is 1240. The van der Waals surface area contributed by atoms with E-state index >= 15 is 0 Å². The van der Waals surface area contributed by atoms with Gasteiger partial charge in [0.15, 0.2) is 5.65 Å². The Morgan fingerprint density at radius 2 is 2.11 bits per heavy atom. The van der Waals surface area contributed by atoms with Crippen LogP contribution < -0.4 is 10.9 Å². The highest BCUT2D eigenvalue weighted by molar-refractivity contribution is 6.03. The highest BCUT2D eigenvalue weighted by atomic mass is 19.1. The van der Waals surface area contributed by atoms with Gasteiger partial charge in [0.05, 0.1) is 11.9 Å². The summed E-state index contributed by atoms with van der Waals surface area (Å²) in [6, 6.07) is 6.94. The van der Waals surface area contributed by atoms with Crippen molar-refractivity contribution < 1.29 is 9.18 Å². The number of carbonyl (C=O) groups is 1. The van der Waals surface area contributed by atoms with E-state index in [4.69, 9.17) is 0 Å². The fraction of sp³-hybridized carbons (Fsp3) is 0.118. The predicted molar refractivity (Wildman–Crippen MR) is 95.3 cm³/mol. The molecule has 2 N–H and O–H groups in total. The van der Waals surface area contributed by atoms with E-state index in [9.17, 15) is 14.0 Å². The number of hydrogen-bond donors (Lipinski definition) is 2. The first-order valence-corrected chi connectivity index (χ1v) is 7.98. The minimum atomic E-state index is -0.514. The molecule has 136 valence electrons. The molecular weight excluding hydrogens is 353 g/mol. The SMILES string of the molecule is Cc1cc(NC(=O)c2cccc(F)c2)n(-c2nc3c(cnn3C)c(=O)[nH]2)n1. The molecule has 1 amide bonds. The summed E-state index contributed by atoms with van der Waals surface area (Å²) >= 11 is 0. The van der Waals surface area contributed by atoms with Crippen LogP contribution in [0.3, 0.4) is 0 Å². The molecule has 0 radical (unpaired) electrons. The molecule has 0 aliphatic rings. The number of aryl methyl sites for hydroxylation is 2. The van der Waals surface area contributed by atoms with Gasteiger partial charge in [-0.3, -0.25) is 19.3 Å². The Hall–Kier alpha value is -3.82. The topological polar surface area (TPSA) is 110 Å². The van der Waals surface area contributed by atoms with E-state index in [2.05, 4.69) is 25.5 Å². The van der Waals surface area contributed by atoms with E-state index in [1.165, 1.54) is 33.8 Å². The number of rotatable bonds is 3. The number of H-pyrrole nitrogens is 1. The number of halogens is 1. The lowest BCUT2D eigenvalue weighted by atomic mass is 10.2. The van der Waals surface area contributed by atoms with Crippen molar-refractivity contribution in [3.8, 4) is 5.95 Å². The molecule has 0 saturated heterocycles. The van der Waals surface area contributed by atoms with Crippen LogP contribution in [0.1, 0.15) is 16.1 Å². The van der Waals surface area contributed by atoms with Crippen LogP contribution in [0.5, 0.6) is 0 Å². The number of nitrogens with one attached hydrogen (secondary N) is 2. The third-order valence-electron chi connectivity index (χ3n) is 3.95. The van der Waals surface area contributed by atoms with Gasteiger partial charge in [-0.1, -0.05) is 6.07 Å². The summed E-state index contributed by atoms with van der Waals surface area (Å²) in [4.78, 5) is 31.7. The van der Waals surface area contributed by atoms with Crippen molar-refractivity contribution >= 4 is 22.8 Å². The first-order valence-electron chi connectivity index (χ1n) is 7.98. The largest absolute Gasteiger partial charge is 0.306 e. The summed E-state index contributed by atoms with van der Waals surface area (Å²) in [5.74, 6) is -0.621. The zero-order chi connectivity index (χ0) is 19.1. The molecule has 0 fully saturated rings. The third-order valence-corrected chi connectivity index (χ3v) is 3.95. The number of nitrogens with zero attached hydrogens (tertiary/aromatic N) is 5. The molecule has 3 aromatic heterocycles. The maximum atomic E-state index is 13.4. The van der Waals surface area contributed by atoms with Crippen molar-refractivity contribution in [3.05, 3.63) is 64.0 Å². The third kappa shape index (κ3) is 2.97. The van der Waals surface area contributed by atoms with Crippen LogP contribution in [0.25, 0.3) is 17.0 Å². The molecule has 27 heavy (non-hydrogen) atoms. The Labute approximate surface area is 151 Å². The quantitative estimate of drug-likeness (QED) is 0.571. The Morgan fingerprint density at radius 1 is 1.30 bits per heavy atom. The van der Waals surface area contributed by atoms with Crippen molar-refractivity contribution in [1.29, 1.82) is 0 Å². The van der Waals surface area contributed by atoms with Gasteiger partial charge in [0.25, 0.3) is 11.5 Å². The zero-order valence-electron chi connectivity index (χ0n) is 14.4. The molecule has 4 rings (SSSR count). The van der Waals surface area contributed by atoms with Crippen LogP contribution in [-0.2, 0) is 7.05 Å². The van der Waals surface area contributed by atoms with Crippen LogP contribution in [0, 0.1) is 12.7 Å². The summed E-state index contributed by atoms with van der Waals surface area (Å²) in [6.07, 6.45) is 1.42. The lowest BCUT2D eigenvalue weighted by molar-refractivity contribution is 0.102. The van der Waals surface area contributed by atoms with Crippen molar-refractivity contribution in [2.45, 2.75) is 6.92 Å². The number of benzene rings is 1. The van der Waals surface area contributed by atoms with E-state index in [1.807, 2.05) is 0 Å². The molecule has 0 saturated carbocycles. The summed E-state index contributed by atoms with van der Waals surface area (Å²) in [5.41, 5.74) is 0.754. The maximum absolute atomic E-state index is 13.4. The average molecular weight is 367 g/mol. The van der Waals surface area contributed by atoms with Gasteiger partial charge in [-0.15, -0.1) is 0 Å². The number of hydrogen-bond acceptors (Lipinski definition) is 5. The standard InChI is InChI=1S/C17H14FN7O2/c1-9-6-13(20-15(26)10-4-3-5-11(18)7-10)25(23-9)17-21-14-12(16(27)22-17)8-19-24(14)2/h3-8H,1-2H3,(H,20,26)(H,21,22,27). The molecule has 4 aromatic rings. The second-order valence-electron chi connectivity index (χ2n) is 5.94. The van der Waals surface area contributed by atoms with Crippen molar-refractivity contribution in [3.63, 3.8) is 0 Å².